The molecule has 3 aromatic rings. The summed E-state index contributed by atoms with van der Waals surface area (Å²) in [5.74, 6) is -0.619. The van der Waals surface area contributed by atoms with Gasteiger partial charge >= 0.3 is 6.18 Å². The number of benzene rings is 2. The average Bonchev–Trinajstić information content (AvgIpc) is 3.49. The number of nitrogens with zero attached hydrogens (tertiary/aromatic N) is 4. The first-order valence-electron chi connectivity index (χ1n) is 10.6. The average molecular weight is 460 g/mol. The zero-order chi connectivity index (χ0) is 23.8. The van der Waals surface area contributed by atoms with Gasteiger partial charge in [0.15, 0.2) is 5.69 Å². The van der Waals surface area contributed by atoms with Gasteiger partial charge in [0, 0.05) is 31.8 Å². The van der Waals surface area contributed by atoms with Crippen LogP contribution in [0, 0.1) is 11.7 Å². The maximum atomic E-state index is 14.1. The first kappa shape index (κ1) is 22.8. The molecular formula is C24H24F4N4O. The van der Waals surface area contributed by atoms with E-state index in [0.29, 0.717) is 12.2 Å². The zero-order valence-electron chi connectivity index (χ0n) is 18.3. The van der Waals surface area contributed by atoms with Crippen LogP contribution in [0.1, 0.15) is 34.5 Å². The first-order valence-corrected chi connectivity index (χ1v) is 10.6. The van der Waals surface area contributed by atoms with Gasteiger partial charge in [-0.1, -0.05) is 24.3 Å². The predicted molar refractivity (Wildman–Crippen MR) is 117 cm³/mol. The van der Waals surface area contributed by atoms with Gasteiger partial charge in [-0.2, -0.15) is 18.3 Å². The third-order valence-corrected chi connectivity index (χ3v) is 5.53. The number of carbonyl (C=O) groups is 1. The Morgan fingerprint density at radius 3 is 2.36 bits per heavy atom. The van der Waals surface area contributed by atoms with Gasteiger partial charge in [-0.05, 0) is 49.1 Å². The standard InChI is InChI=1S/C24H24F4N4O/c1-30(2)22-20(21(24(26,27)28)29-32(22)19-9-4-3-5-10-19)15-31(14-16-11-12-16)23(33)17-7-6-8-18(25)13-17/h3-10,13,16H,11-12,14-15H2,1-2H3. The van der Waals surface area contributed by atoms with Crippen molar-refractivity contribution in [2.75, 3.05) is 25.5 Å². The second-order valence-electron chi connectivity index (χ2n) is 8.43. The number of para-hydroxylation sites is 1. The second-order valence-corrected chi connectivity index (χ2v) is 8.43. The van der Waals surface area contributed by atoms with Gasteiger partial charge in [-0.3, -0.25) is 4.79 Å². The summed E-state index contributed by atoms with van der Waals surface area (Å²) in [7, 11) is 3.28. The lowest BCUT2D eigenvalue weighted by atomic mass is 10.1. The number of halogens is 4. The minimum Gasteiger partial charge on any atom is -0.362 e. The van der Waals surface area contributed by atoms with E-state index >= 15 is 0 Å². The summed E-state index contributed by atoms with van der Waals surface area (Å²) in [5.41, 5.74) is -0.557. The van der Waals surface area contributed by atoms with Gasteiger partial charge in [0.2, 0.25) is 0 Å². The minimum absolute atomic E-state index is 0.0956. The van der Waals surface area contributed by atoms with Gasteiger partial charge in [0.05, 0.1) is 12.2 Å². The van der Waals surface area contributed by atoms with Crippen molar-refractivity contribution < 1.29 is 22.4 Å². The molecule has 4 rings (SSSR count). The Morgan fingerprint density at radius 1 is 1.09 bits per heavy atom. The monoisotopic (exact) mass is 460 g/mol. The summed E-state index contributed by atoms with van der Waals surface area (Å²) in [4.78, 5) is 16.2. The molecule has 9 heteroatoms. The van der Waals surface area contributed by atoms with E-state index in [1.165, 1.54) is 27.8 Å². The molecule has 0 bridgehead atoms. The number of amides is 1. The Balaban J connectivity index is 1.81. The molecule has 5 nitrogen and oxygen atoms in total. The lowest BCUT2D eigenvalue weighted by Crippen LogP contribution is -2.33. The molecule has 1 aliphatic rings. The molecule has 0 saturated heterocycles. The summed E-state index contributed by atoms with van der Waals surface area (Å²) >= 11 is 0. The van der Waals surface area contributed by atoms with Crippen molar-refractivity contribution in [2.24, 2.45) is 5.92 Å². The van der Waals surface area contributed by atoms with Gasteiger partial charge in [-0.25, -0.2) is 9.07 Å². The highest BCUT2D eigenvalue weighted by Gasteiger charge is 2.41. The highest BCUT2D eigenvalue weighted by molar-refractivity contribution is 5.94. The van der Waals surface area contributed by atoms with E-state index in [-0.39, 0.29) is 29.4 Å². The molecule has 1 amide bonds. The number of rotatable bonds is 7. The Hall–Kier alpha value is -3.36. The molecule has 1 heterocycles. The van der Waals surface area contributed by atoms with E-state index in [4.69, 9.17) is 0 Å². The molecule has 0 radical (unpaired) electrons. The van der Waals surface area contributed by atoms with Crippen LogP contribution >= 0.6 is 0 Å². The largest absolute Gasteiger partial charge is 0.435 e. The first-order chi connectivity index (χ1) is 15.6. The van der Waals surface area contributed by atoms with Gasteiger partial charge < -0.3 is 9.80 Å². The van der Waals surface area contributed by atoms with Crippen LogP contribution in [0.25, 0.3) is 5.69 Å². The highest BCUT2D eigenvalue weighted by atomic mass is 19.4. The SMILES string of the molecule is CN(C)c1c(CN(CC2CC2)C(=O)c2cccc(F)c2)c(C(F)(F)F)nn1-c1ccccc1. The third-order valence-electron chi connectivity index (χ3n) is 5.53. The molecule has 174 valence electrons. The van der Waals surface area contributed by atoms with Crippen molar-refractivity contribution in [3.8, 4) is 5.69 Å². The van der Waals surface area contributed by atoms with Crippen LogP contribution in [0.5, 0.6) is 0 Å². The van der Waals surface area contributed by atoms with E-state index in [1.807, 2.05) is 0 Å². The Kier molecular flexibility index (Phi) is 6.14. The van der Waals surface area contributed by atoms with Crippen molar-refractivity contribution in [3.05, 3.63) is 77.2 Å². The lowest BCUT2D eigenvalue weighted by Gasteiger charge is -2.25. The minimum atomic E-state index is -4.72. The van der Waals surface area contributed by atoms with Crippen LogP contribution in [-0.2, 0) is 12.7 Å². The predicted octanol–water partition coefficient (Wildman–Crippen LogP) is 5.15. The lowest BCUT2D eigenvalue weighted by molar-refractivity contribution is -0.142. The Morgan fingerprint density at radius 2 is 1.79 bits per heavy atom. The summed E-state index contributed by atoms with van der Waals surface area (Å²) in [5, 5.41) is 3.92. The maximum absolute atomic E-state index is 14.1. The molecule has 33 heavy (non-hydrogen) atoms. The summed E-state index contributed by atoms with van der Waals surface area (Å²) < 4.78 is 57.2. The smallest absolute Gasteiger partial charge is 0.362 e. The van der Waals surface area contributed by atoms with Crippen LogP contribution in [0.2, 0.25) is 0 Å². The summed E-state index contributed by atoms with van der Waals surface area (Å²) in [6, 6.07) is 13.8. The van der Waals surface area contributed by atoms with Crippen molar-refractivity contribution >= 4 is 11.7 Å². The summed E-state index contributed by atoms with van der Waals surface area (Å²) in [6.45, 7) is 0.0110. The normalized spacial score (nSPS) is 13.8. The molecule has 0 spiro atoms. The van der Waals surface area contributed by atoms with Gasteiger partial charge in [-0.15, -0.1) is 0 Å². The molecule has 1 aromatic heterocycles. The van der Waals surface area contributed by atoms with Crippen LogP contribution in [0.4, 0.5) is 23.4 Å². The number of hydrogen-bond donors (Lipinski definition) is 0. The van der Waals surface area contributed by atoms with Crippen molar-refractivity contribution in [1.29, 1.82) is 0 Å². The quantitative estimate of drug-likeness (QED) is 0.458. The molecular weight excluding hydrogens is 436 g/mol. The van der Waals surface area contributed by atoms with E-state index < -0.39 is 23.6 Å². The molecule has 0 N–H and O–H groups in total. The van der Waals surface area contributed by atoms with E-state index in [2.05, 4.69) is 5.10 Å². The topological polar surface area (TPSA) is 41.4 Å². The van der Waals surface area contributed by atoms with E-state index in [9.17, 15) is 22.4 Å². The van der Waals surface area contributed by atoms with Crippen LogP contribution in [0.15, 0.2) is 54.6 Å². The number of hydrogen-bond acceptors (Lipinski definition) is 3. The molecule has 0 atom stereocenters. The molecule has 2 aromatic carbocycles. The summed E-state index contributed by atoms with van der Waals surface area (Å²) in [6.07, 6.45) is -2.90. The fourth-order valence-electron chi connectivity index (χ4n) is 3.85. The van der Waals surface area contributed by atoms with Gasteiger partial charge in [0.25, 0.3) is 5.91 Å². The zero-order valence-corrected chi connectivity index (χ0v) is 18.3. The number of aromatic nitrogens is 2. The van der Waals surface area contributed by atoms with Crippen molar-refractivity contribution in [2.45, 2.75) is 25.6 Å². The molecule has 1 aliphatic carbocycles. The second kappa shape index (κ2) is 8.88. The fourth-order valence-corrected chi connectivity index (χ4v) is 3.85. The molecule has 0 aliphatic heterocycles. The van der Waals surface area contributed by atoms with Crippen molar-refractivity contribution in [3.63, 3.8) is 0 Å². The van der Waals surface area contributed by atoms with E-state index in [0.717, 1.165) is 18.9 Å². The molecule has 1 saturated carbocycles. The molecule has 1 fully saturated rings. The maximum Gasteiger partial charge on any atom is 0.435 e. The fraction of sp³-hybridized carbons (Fsp3) is 0.333. The third kappa shape index (κ3) is 5.02. The van der Waals surface area contributed by atoms with Crippen LogP contribution in [-0.4, -0.2) is 41.2 Å². The molecule has 0 unspecified atom stereocenters. The highest BCUT2D eigenvalue weighted by Crippen LogP contribution is 2.39. The van der Waals surface area contributed by atoms with Gasteiger partial charge in [0.1, 0.15) is 11.6 Å². The Labute approximate surface area is 189 Å². The van der Waals surface area contributed by atoms with Crippen molar-refractivity contribution in [1.82, 2.24) is 14.7 Å². The number of carbonyl (C=O) groups excluding carboxylic acids is 1. The van der Waals surface area contributed by atoms with Crippen LogP contribution < -0.4 is 4.90 Å². The van der Waals surface area contributed by atoms with E-state index in [1.54, 1.807) is 49.3 Å². The van der Waals surface area contributed by atoms with Crippen LogP contribution in [0.3, 0.4) is 0 Å². The number of anilines is 1. The Bertz CT molecular complexity index is 1140. The number of alkyl halides is 3.